The second-order valence-corrected chi connectivity index (χ2v) is 4.63. The number of aromatic nitrogens is 2. The molecular formula is C15H17N3O. The lowest BCUT2D eigenvalue weighted by Crippen LogP contribution is -2.12. The molecule has 1 aliphatic heterocycles. The van der Waals surface area contributed by atoms with Crippen LogP contribution in [0, 0.1) is 0 Å². The molecule has 1 aromatic heterocycles. The molecule has 19 heavy (non-hydrogen) atoms. The Hall–Kier alpha value is -1.94. The van der Waals surface area contributed by atoms with E-state index < -0.39 is 0 Å². The summed E-state index contributed by atoms with van der Waals surface area (Å²) in [6.45, 7) is 1.68. The molecule has 0 unspecified atom stereocenters. The van der Waals surface area contributed by atoms with Gasteiger partial charge in [-0.25, -0.2) is 9.97 Å². The van der Waals surface area contributed by atoms with Crippen molar-refractivity contribution >= 4 is 0 Å². The van der Waals surface area contributed by atoms with Gasteiger partial charge in [-0.2, -0.15) is 0 Å². The molecule has 1 aliphatic rings. The van der Waals surface area contributed by atoms with Crippen molar-refractivity contribution in [2.75, 3.05) is 20.2 Å². The van der Waals surface area contributed by atoms with E-state index in [1.807, 2.05) is 25.4 Å². The molecule has 0 saturated heterocycles. The lowest BCUT2D eigenvalue weighted by molar-refractivity contribution is 0.357. The van der Waals surface area contributed by atoms with Gasteiger partial charge in [0.25, 0.3) is 0 Å². The van der Waals surface area contributed by atoms with Crippen LogP contribution >= 0.6 is 0 Å². The van der Waals surface area contributed by atoms with Gasteiger partial charge in [-0.1, -0.05) is 0 Å². The first-order valence-corrected chi connectivity index (χ1v) is 6.59. The number of nitrogens with zero attached hydrogens (tertiary/aromatic N) is 2. The third kappa shape index (κ3) is 2.58. The Kier molecular flexibility index (Phi) is 3.42. The maximum absolute atomic E-state index is 5.53. The van der Waals surface area contributed by atoms with Crippen molar-refractivity contribution in [2.24, 2.45) is 0 Å². The van der Waals surface area contributed by atoms with Gasteiger partial charge >= 0.3 is 0 Å². The zero-order chi connectivity index (χ0) is 13.1. The fourth-order valence-electron chi connectivity index (χ4n) is 2.26. The number of fused-ring (bicyclic) bond motifs is 1. The fourth-order valence-corrected chi connectivity index (χ4v) is 2.26. The molecule has 0 spiro atoms. The Morgan fingerprint density at radius 3 is 3.16 bits per heavy atom. The smallest absolute Gasteiger partial charge is 0.130 e. The second kappa shape index (κ2) is 5.36. The molecule has 4 nitrogen and oxygen atoms in total. The summed E-state index contributed by atoms with van der Waals surface area (Å²) >= 11 is 0. The number of benzene rings is 1. The second-order valence-electron chi connectivity index (χ2n) is 4.63. The lowest BCUT2D eigenvalue weighted by Gasteiger charge is -2.05. The van der Waals surface area contributed by atoms with Gasteiger partial charge < -0.3 is 10.1 Å². The van der Waals surface area contributed by atoms with Crippen LogP contribution in [0.15, 0.2) is 30.5 Å². The normalized spacial score (nSPS) is 13.1. The zero-order valence-corrected chi connectivity index (χ0v) is 11.0. The van der Waals surface area contributed by atoms with Crippen molar-refractivity contribution in [3.05, 3.63) is 41.9 Å². The van der Waals surface area contributed by atoms with Crippen LogP contribution in [0.25, 0.3) is 11.3 Å². The first-order valence-electron chi connectivity index (χ1n) is 6.59. The number of rotatable bonds is 4. The van der Waals surface area contributed by atoms with E-state index in [-0.39, 0.29) is 0 Å². The molecule has 2 heterocycles. The number of likely N-dealkylation sites (N-methyl/N-ethyl adjacent to an activating group) is 1. The molecule has 3 rings (SSSR count). The lowest BCUT2D eigenvalue weighted by atomic mass is 10.1. The predicted molar refractivity (Wildman–Crippen MR) is 74.3 cm³/mol. The van der Waals surface area contributed by atoms with Crippen LogP contribution in [0.1, 0.15) is 11.4 Å². The van der Waals surface area contributed by atoms with Crippen LogP contribution in [0.4, 0.5) is 0 Å². The highest BCUT2D eigenvalue weighted by Gasteiger charge is 2.13. The van der Waals surface area contributed by atoms with Crippen molar-refractivity contribution < 1.29 is 4.74 Å². The molecule has 0 saturated carbocycles. The Labute approximate surface area is 112 Å². The third-order valence-electron chi connectivity index (χ3n) is 3.29. The van der Waals surface area contributed by atoms with E-state index in [0.717, 1.165) is 48.8 Å². The average Bonchev–Trinajstić information content (AvgIpc) is 2.92. The maximum Gasteiger partial charge on any atom is 0.130 e. The van der Waals surface area contributed by atoms with Gasteiger partial charge in [-0.3, -0.25) is 0 Å². The van der Waals surface area contributed by atoms with Crippen LogP contribution in [0.3, 0.4) is 0 Å². The summed E-state index contributed by atoms with van der Waals surface area (Å²) in [4.78, 5) is 8.91. The number of nitrogens with one attached hydrogen (secondary N) is 1. The maximum atomic E-state index is 5.53. The van der Waals surface area contributed by atoms with Crippen molar-refractivity contribution in [2.45, 2.75) is 12.8 Å². The van der Waals surface area contributed by atoms with Gasteiger partial charge in [-0.15, -0.1) is 0 Å². The molecule has 2 aromatic rings. The SMILES string of the molecule is CNCCc1nccc(-c2ccc3c(c2)CCO3)n1. The van der Waals surface area contributed by atoms with Gasteiger partial charge in [0.15, 0.2) is 0 Å². The van der Waals surface area contributed by atoms with Crippen LogP contribution in [-0.2, 0) is 12.8 Å². The van der Waals surface area contributed by atoms with E-state index in [4.69, 9.17) is 4.74 Å². The summed E-state index contributed by atoms with van der Waals surface area (Å²) in [5.74, 6) is 1.89. The number of hydrogen-bond donors (Lipinski definition) is 1. The van der Waals surface area contributed by atoms with E-state index in [0.29, 0.717) is 0 Å². The van der Waals surface area contributed by atoms with Crippen LogP contribution in [0.5, 0.6) is 5.75 Å². The Morgan fingerprint density at radius 2 is 2.26 bits per heavy atom. The molecule has 0 aliphatic carbocycles. The largest absolute Gasteiger partial charge is 0.493 e. The van der Waals surface area contributed by atoms with Gasteiger partial charge in [0.2, 0.25) is 0 Å². The molecule has 0 bridgehead atoms. The molecule has 0 fully saturated rings. The quantitative estimate of drug-likeness (QED) is 0.905. The van der Waals surface area contributed by atoms with Gasteiger partial charge in [-0.05, 0) is 36.9 Å². The van der Waals surface area contributed by atoms with Crippen LogP contribution < -0.4 is 10.1 Å². The minimum absolute atomic E-state index is 0.788. The van der Waals surface area contributed by atoms with Gasteiger partial charge in [0.1, 0.15) is 11.6 Å². The Balaban J connectivity index is 1.89. The number of hydrogen-bond acceptors (Lipinski definition) is 4. The van der Waals surface area contributed by atoms with Crippen LogP contribution in [0.2, 0.25) is 0 Å². The molecule has 0 atom stereocenters. The summed E-state index contributed by atoms with van der Waals surface area (Å²) in [6.07, 6.45) is 3.66. The van der Waals surface area contributed by atoms with Gasteiger partial charge in [0.05, 0.1) is 12.3 Å². The standard InChI is InChI=1S/C15H17N3O/c1-16-7-5-15-17-8-4-13(18-15)11-2-3-14-12(10-11)6-9-19-14/h2-4,8,10,16H,5-7,9H2,1H3. The molecule has 1 aromatic carbocycles. The first-order chi connectivity index (χ1) is 9.36. The topological polar surface area (TPSA) is 47.0 Å². The molecule has 4 heteroatoms. The summed E-state index contributed by atoms with van der Waals surface area (Å²) in [6, 6.07) is 8.23. The van der Waals surface area contributed by atoms with Crippen LogP contribution in [-0.4, -0.2) is 30.2 Å². The average molecular weight is 255 g/mol. The Morgan fingerprint density at radius 1 is 1.32 bits per heavy atom. The molecule has 0 amide bonds. The summed E-state index contributed by atoms with van der Waals surface area (Å²) in [5.41, 5.74) is 3.39. The predicted octanol–water partition coefficient (Wildman–Crippen LogP) is 1.84. The van der Waals surface area contributed by atoms with Crippen molar-refractivity contribution in [3.63, 3.8) is 0 Å². The van der Waals surface area contributed by atoms with E-state index >= 15 is 0 Å². The van der Waals surface area contributed by atoms with Crippen molar-refractivity contribution in [3.8, 4) is 17.0 Å². The minimum atomic E-state index is 0.788. The minimum Gasteiger partial charge on any atom is -0.493 e. The molecule has 1 N–H and O–H groups in total. The highest BCUT2D eigenvalue weighted by molar-refractivity contribution is 5.62. The van der Waals surface area contributed by atoms with E-state index in [1.54, 1.807) is 0 Å². The number of ether oxygens (including phenoxy) is 1. The monoisotopic (exact) mass is 255 g/mol. The first kappa shape index (κ1) is 12.1. The Bertz CT molecular complexity index is 583. The summed E-state index contributed by atoms with van der Waals surface area (Å²) in [5, 5.41) is 3.11. The van der Waals surface area contributed by atoms with E-state index in [2.05, 4.69) is 27.4 Å². The zero-order valence-electron chi connectivity index (χ0n) is 11.0. The third-order valence-corrected chi connectivity index (χ3v) is 3.29. The fraction of sp³-hybridized carbons (Fsp3) is 0.333. The van der Waals surface area contributed by atoms with E-state index in [1.165, 1.54) is 5.56 Å². The van der Waals surface area contributed by atoms with Crippen molar-refractivity contribution in [1.29, 1.82) is 0 Å². The van der Waals surface area contributed by atoms with Gasteiger partial charge in [0, 0.05) is 31.1 Å². The molecular weight excluding hydrogens is 238 g/mol. The molecule has 0 radical (unpaired) electrons. The van der Waals surface area contributed by atoms with Crippen molar-refractivity contribution in [1.82, 2.24) is 15.3 Å². The molecule has 98 valence electrons. The highest BCUT2D eigenvalue weighted by atomic mass is 16.5. The highest BCUT2D eigenvalue weighted by Crippen LogP contribution is 2.29. The van der Waals surface area contributed by atoms with E-state index in [9.17, 15) is 0 Å². The summed E-state index contributed by atoms with van der Waals surface area (Å²) in [7, 11) is 1.93. The summed E-state index contributed by atoms with van der Waals surface area (Å²) < 4.78 is 5.53.